The molecule has 0 aliphatic heterocycles. The molecular weight excluding hydrogens is 320 g/mol. The number of fused-ring (bicyclic) bond motifs is 1. The molecule has 0 aromatic carbocycles. The molecule has 0 fully saturated rings. The molecule has 2 amide bonds. The smallest absolute Gasteiger partial charge is 0.265 e. The number of halogens is 1. The van der Waals surface area contributed by atoms with E-state index in [0.717, 1.165) is 4.57 Å². The lowest BCUT2D eigenvalue weighted by Crippen LogP contribution is -2.38. The maximum absolute atomic E-state index is 12.5. The number of amides is 2. The Bertz CT molecular complexity index is 827. The van der Waals surface area contributed by atoms with Crippen LogP contribution in [0, 0.1) is 0 Å². The van der Waals surface area contributed by atoms with E-state index in [1.807, 2.05) is 13.8 Å². The maximum Gasteiger partial charge on any atom is 0.265 e. The van der Waals surface area contributed by atoms with Crippen LogP contribution in [-0.4, -0.2) is 39.4 Å². The minimum atomic E-state index is -0.874. The van der Waals surface area contributed by atoms with Crippen LogP contribution in [0.3, 0.4) is 0 Å². The van der Waals surface area contributed by atoms with Gasteiger partial charge in [0.05, 0.1) is 5.02 Å². The largest absolute Gasteiger partial charge is 0.365 e. The second kappa shape index (κ2) is 6.78. The number of hydrogen-bond acceptors (Lipinski definition) is 4. The van der Waals surface area contributed by atoms with Gasteiger partial charge in [0, 0.05) is 24.7 Å². The van der Waals surface area contributed by atoms with Gasteiger partial charge in [0.2, 0.25) is 5.91 Å². The third-order valence-electron chi connectivity index (χ3n) is 3.61. The van der Waals surface area contributed by atoms with Crippen LogP contribution in [0.2, 0.25) is 5.02 Å². The summed E-state index contributed by atoms with van der Waals surface area (Å²) in [5.74, 6) is -1.12. The number of hydrogen-bond donors (Lipinski definition) is 1. The van der Waals surface area contributed by atoms with Gasteiger partial charge in [0.25, 0.3) is 11.5 Å². The number of aromatic nitrogens is 2. The molecule has 23 heavy (non-hydrogen) atoms. The number of carbonyl (C=O) groups excluding carboxylic acids is 2. The summed E-state index contributed by atoms with van der Waals surface area (Å²) in [7, 11) is 0. The Kier molecular flexibility index (Phi) is 5.00. The summed E-state index contributed by atoms with van der Waals surface area (Å²) in [4.78, 5) is 42.0. The Hall–Kier alpha value is -2.41. The molecule has 0 atom stereocenters. The summed E-state index contributed by atoms with van der Waals surface area (Å²) in [6.07, 6.45) is 1.44. The fraction of sp³-hybridized carbons (Fsp3) is 0.333. The number of carbonyl (C=O) groups is 2. The van der Waals surface area contributed by atoms with E-state index in [0.29, 0.717) is 23.5 Å². The third kappa shape index (κ3) is 3.19. The average Bonchev–Trinajstić information content (AvgIpc) is 2.51. The van der Waals surface area contributed by atoms with Gasteiger partial charge in [0.15, 0.2) is 0 Å². The van der Waals surface area contributed by atoms with E-state index < -0.39 is 11.5 Å². The quantitative estimate of drug-likeness (QED) is 0.881. The van der Waals surface area contributed by atoms with Crippen LogP contribution in [0.1, 0.15) is 24.2 Å². The van der Waals surface area contributed by atoms with Gasteiger partial charge in [-0.1, -0.05) is 11.6 Å². The molecule has 0 aliphatic rings. The normalized spacial score (nSPS) is 10.7. The Morgan fingerprint density at radius 3 is 2.57 bits per heavy atom. The summed E-state index contributed by atoms with van der Waals surface area (Å²) >= 11 is 6.11. The average molecular weight is 337 g/mol. The van der Waals surface area contributed by atoms with E-state index in [4.69, 9.17) is 17.3 Å². The summed E-state index contributed by atoms with van der Waals surface area (Å²) in [5, 5.41) is 0.719. The predicted molar refractivity (Wildman–Crippen MR) is 87.5 cm³/mol. The number of rotatable bonds is 5. The van der Waals surface area contributed by atoms with Crippen molar-refractivity contribution in [2.75, 3.05) is 13.1 Å². The highest BCUT2D eigenvalue weighted by Crippen LogP contribution is 2.21. The van der Waals surface area contributed by atoms with Crippen molar-refractivity contribution < 1.29 is 9.59 Å². The molecule has 0 aliphatic carbocycles. The number of likely N-dealkylation sites (N-methyl/N-ethyl adjacent to an activating group) is 1. The van der Waals surface area contributed by atoms with E-state index in [9.17, 15) is 14.4 Å². The van der Waals surface area contributed by atoms with Gasteiger partial charge in [-0.2, -0.15) is 0 Å². The zero-order chi connectivity index (χ0) is 17.1. The monoisotopic (exact) mass is 336 g/mol. The number of nitrogens with zero attached hydrogens (tertiary/aromatic N) is 3. The molecule has 0 bridgehead atoms. The molecule has 0 unspecified atom stereocenters. The minimum absolute atomic E-state index is 0.222. The van der Waals surface area contributed by atoms with Gasteiger partial charge in [-0.15, -0.1) is 0 Å². The maximum atomic E-state index is 12.5. The Balaban J connectivity index is 2.68. The Morgan fingerprint density at radius 2 is 2.00 bits per heavy atom. The van der Waals surface area contributed by atoms with E-state index in [1.165, 1.54) is 18.3 Å². The fourth-order valence-corrected chi connectivity index (χ4v) is 2.57. The van der Waals surface area contributed by atoms with Gasteiger partial charge in [-0.25, -0.2) is 4.98 Å². The van der Waals surface area contributed by atoms with Crippen LogP contribution in [0.4, 0.5) is 0 Å². The van der Waals surface area contributed by atoms with Crippen molar-refractivity contribution in [2.24, 2.45) is 5.73 Å². The molecule has 7 nitrogen and oxygen atoms in total. The third-order valence-corrected chi connectivity index (χ3v) is 3.94. The highest BCUT2D eigenvalue weighted by molar-refractivity contribution is 6.35. The topological polar surface area (TPSA) is 98.3 Å². The van der Waals surface area contributed by atoms with Crippen molar-refractivity contribution >= 4 is 34.4 Å². The van der Waals surface area contributed by atoms with E-state index >= 15 is 0 Å². The zero-order valence-electron chi connectivity index (χ0n) is 12.9. The summed E-state index contributed by atoms with van der Waals surface area (Å²) in [6, 6.07) is 2.85. The van der Waals surface area contributed by atoms with Crippen LogP contribution in [0.15, 0.2) is 23.1 Å². The first-order chi connectivity index (χ1) is 10.9. The highest BCUT2D eigenvalue weighted by atomic mass is 35.5. The van der Waals surface area contributed by atoms with Crippen molar-refractivity contribution in [3.63, 3.8) is 0 Å². The standard InChI is InChI=1S/C15H17ClN4O3/c1-3-19(4-2)12(21)8-20-14-9(11(16)5-6-18-14)7-10(13(17)22)15(20)23/h5-7H,3-4,8H2,1-2H3,(H2,17,22). The molecule has 0 saturated carbocycles. The van der Waals surface area contributed by atoms with Crippen molar-refractivity contribution in [2.45, 2.75) is 20.4 Å². The van der Waals surface area contributed by atoms with Gasteiger partial charge in [0.1, 0.15) is 17.8 Å². The van der Waals surface area contributed by atoms with Crippen LogP contribution in [0.25, 0.3) is 11.0 Å². The molecular formula is C15H17ClN4O3. The Morgan fingerprint density at radius 1 is 1.35 bits per heavy atom. The zero-order valence-corrected chi connectivity index (χ0v) is 13.6. The molecule has 2 rings (SSSR count). The van der Waals surface area contributed by atoms with Crippen LogP contribution >= 0.6 is 11.6 Å². The highest BCUT2D eigenvalue weighted by Gasteiger charge is 2.19. The SMILES string of the molecule is CCN(CC)C(=O)Cn1c(=O)c(C(N)=O)cc2c(Cl)ccnc21. The lowest BCUT2D eigenvalue weighted by molar-refractivity contribution is -0.131. The van der Waals surface area contributed by atoms with E-state index in [1.54, 1.807) is 4.90 Å². The van der Waals surface area contributed by atoms with Gasteiger partial charge in [-0.05, 0) is 26.0 Å². The molecule has 0 spiro atoms. The number of nitrogens with two attached hydrogens (primary N) is 1. The first-order valence-corrected chi connectivity index (χ1v) is 7.54. The second-order valence-electron chi connectivity index (χ2n) is 4.91. The molecule has 8 heteroatoms. The lowest BCUT2D eigenvalue weighted by atomic mass is 10.2. The summed E-state index contributed by atoms with van der Waals surface area (Å²) in [5.41, 5.74) is 4.62. The van der Waals surface area contributed by atoms with Crippen LogP contribution < -0.4 is 11.3 Å². The summed E-state index contributed by atoms with van der Waals surface area (Å²) in [6.45, 7) is 4.50. The van der Waals surface area contributed by atoms with Crippen molar-refractivity contribution in [3.8, 4) is 0 Å². The number of primary amides is 1. The van der Waals surface area contributed by atoms with Crippen LogP contribution in [-0.2, 0) is 11.3 Å². The van der Waals surface area contributed by atoms with Gasteiger partial charge in [-0.3, -0.25) is 19.0 Å². The summed E-state index contributed by atoms with van der Waals surface area (Å²) < 4.78 is 1.14. The first-order valence-electron chi connectivity index (χ1n) is 7.16. The van der Waals surface area contributed by atoms with E-state index in [-0.39, 0.29) is 23.7 Å². The molecule has 2 aromatic heterocycles. The molecule has 0 saturated heterocycles. The van der Waals surface area contributed by atoms with Crippen molar-refractivity contribution in [3.05, 3.63) is 39.3 Å². The molecule has 122 valence electrons. The Labute approximate surface area is 137 Å². The molecule has 2 N–H and O–H groups in total. The minimum Gasteiger partial charge on any atom is -0.365 e. The fourth-order valence-electron chi connectivity index (χ4n) is 2.37. The van der Waals surface area contributed by atoms with E-state index in [2.05, 4.69) is 4.98 Å². The molecule has 2 heterocycles. The first kappa shape index (κ1) is 17.0. The van der Waals surface area contributed by atoms with Crippen LogP contribution in [0.5, 0.6) is 0 Å². The number of pyridine rings is 2. The molecule has 2 aromatic rings. The predicted octanol–water partition coefficient (Wildman–Crippen LogP) is 1.02. The van der Waals surface area contributed by atoms with Crippen molar-refractivity contribution in [1.29, 1.82) is 0 Å². The van der Waals surface area contributed by atoms with Crippen molar-refractivity contribution in [1.82, 2.24) is 14.5 Å². The second-order valence-corrected chi connectivity index (χ2v) is 5.32. The van der Waals surface area contributed by atoms with Gasteiger partial charge < -0.3 is 10.6 Å². The molecule has 0 radical (unpaired) electrons. The lowest BCUT2D eigenvalue weighted by Gasteiger charge is -2.20. The van der Waals surface area contributed by atoms with Gasteiger partial charge >= 0.3 is 0 Å².